The molecule has 2 rings (SSSR count). The molecule has 0 aliphatic heterocycles. The SMILES string of the molecule is CC(C)C1CCC(C(O)Cc2cccc(Br)c2)CC1. The van der Waals surface area contributed by atoms with E-state index in [2.05, 4.69) is 41.9 Å². The molecule has 1 aromatic carbocycles. The van der Waals surface area contributed by atoms with E-state index >= 15 is 0 Å². The molecule has 1 nitrogen and oxygen atoms in total. The Balaban J connectivity index is 1.86. The highest BCUT2D eigenvalue weighted by molar-refractivity contribution is 9.10. The van der Waals surface area contributed by atoms with E-state index in [4.69, 9.17) is 0 Å². The molecule has 1 atom stereocenters. The molecule has 19 heavy (non-hydrogen) atoms. The van der Waals surface area contributed by atoms with Crippen molar-refractivity contribution in [2.24, 2.45) is 17.8 Å². The summed E-state index contributed by atoms with van der Waals surface area (Å²) in [6.45, 7) is 4.64. The number of halogens is 1. The van der Waals surface area contributed by atoms with Gasteiger partial charge >= 0.3 is 0 Å². The molecule has 1 aliphatic carbocycles. The Hall–Kier alpha value is -0.340. The summed E-state index contributed by atoms with van der Waals surface area (Å²) in [5, 5.41) is 10.4. The molecular weight excluding hydrogens is 300 g/mol. The third-order valence-electron chi connectivity index (χ3n) is 4.64. The zero-order valence-electron chi connectivity index (χ0n) is 12.0. The molecule has 1 saturated carbocycles. The molecule has 1 fully saturated rings. The Morgan fingerprint density at radius 3 is 2.37 bits per heavy atom. The summed E-state index contributed by atoms with van der Waals surface area (Å²) in [5.74, 6) is 2.16. The van der Waals surface area contributed by atoms with E-state index in [1.54, 1.807) is 0 Å². The Bertz CT molecular complexity index is 394. The minimum absolute atomic E-state index is 0.178. The van der Waals surface area contributed by atoms with Gasteiger partial charge in [-0.05, 0) is 67.6 Å². The van der Waals surface area contributed by atoms with Crippen molar-refractivity contribution in [3.8, 4) is 0 Å². The predicted octanol–water partition coefficient (Wildman–Crippen LogP) is 4.81. The predicted molar refractivity (Wildman–Crippen MR) is 84.1 cm³/mol. The quantitative estimate of drug-likeness (QED) is 0.842. The van der Waals surface area contributed by atoms with Crippen molar-refractivity contribution in [1.82, 2.24) is 0 Å². The fourth-order valence-corrected chi connectivity index (χ4v) is 3.72. The summed E-state index contributed by atoms with van der Waals surface area (Å²) < 4.78 is 1.10. The van der Waals surface area contributed by atoms with E-state index in [0.29, 0.717) is 5.92 Å². The van der Waals surface area contributed by atoms with Crippen LogP contribution in [0.25, 0.3) is 0 Å². The number of benzene rings is 1. The maximum absolute atomic E-state index is 10.4. The Labute approximate surface area is 125 Å². The summed E-state index contributed by atoms with van der Waals surface area (Å²) in [7, 11) is 0. The highest BCUT2D eigenvalue weighted by Gasteiger charge is 2.27. The molecule has 0 spiro atoms. The Morgan fingerprint density at radius 2 is 1.79 bits per heavy atom. The molecule has 0 radical (unpaired) electrons. The number of hydrogen-bond donors (Lipinski definition) is 1. The van der Waals surface area contributed by atoms with Crippen LogP contribution in [0.3, 0.4) is 0 Å². The molecule has 1 N–H and O–H groups in total. The maximum Gasteiger partial charge on any atom is 0.0608 e. The first-order valence-electron chi connectivity index (χ1n) is 7.48. The lowest BCUT2D eigenvalue weighted by Gasteiger charge is -2.33. The first-order chi connectivity index (χ1) is 9.06. The van der Waals surface area contributed by atoms with Gasteiger partial charge in [-0.2, -0.15) is 0 Å². The van der Waals surface area contributed by atoms with Gasteiger partial charge in [-0.15, -0.1) is 0 Å². The highest BCUT2D eigenvalue weighted by Crippen LogP contribution is 2.35. The first-order valence-corrected chi connectivity index (χ1v) is 8.28. The van der Waals surface area contributed by atoms with Crippen molar-refractivity contribution in [3.05, 3.63) is 34.3 Å². The topological polar surface area (TPSA) is 20.2 Å². The minimum Gasteiger partial charge on any atom is -0.392 e. The van der Waals surface area contributed by atoms with Crippen molar-refractivity contribution < 1.29 is 5.11 Å². The number of aliphatic hydroxyl groups excluding tert-OH is 1. The smallest absolute Gasteiger partial charge is 0.0608 e. The van der Waals surface area contributed by atoms with Gasteiger partial charge in [0.1, 0.15) is 0 Å². The molecule has 1 aliphatic rings. The zero-order valence-corrected chi connectivity index (χ0v) is 13.6. The van der Waals surface area contributed by atoms with E-state index in [0.717, 1.165) is 22.7 Å². The summed E-state index contributed by atoms with van der Waals surface area (Å²) in [5.41, 5.74) is 1.23. The van der Waals surface area contributed by atoms with Crippen LogP contribution in [0.2, 0.25) is 0 Å². The molecule has 0 amide bonds. The van der Waals surface area contributed by atoms with E-state index in [1.165, 1.54) is 31.2 Å². The van der Waals surface area contributed by atoms with Crippen LogP contribution in [0.1, 0.15) is 45.1 Å². The van der Waals surface area contributed by atoms with Crippen LogP contribution in [-0.2, 0) is 6.42 Å². The lowest BCUT2D eigenvalue weighted by Crippen LogP contribution is -2.28. The van der Waals surface area contributed by atoms with Gasteiger partial charge in [0.2, 0.25) is 0 Å². The molecule has 0 aromatic heterocycles. The van der Waals surface area contributed by atoms with Gasteiger partial charge in [0.05, 0.1) is 6.10 Å². The lowest BCUT2D eigenvalue weighted by atomic mass is 9.74. The van der Waals surface area contributed by atoms with Crippen LogP contribution in [0, 0.1) is 17.8 Å². The van der Waals surface area contributed by atoms with Gasteiger partial charge in [-0.25, -0.2) is 0 Å². The van der Waals surface area contributed by atoms with Crippen LogP contribution in [0.5, 0.6) is 0 Å². The second kappa shape index (κ2) is 6.90. The average molecular weight is 325 g/mol. The lowest BCUT2D eigenvalue weighted by molar-refractivity contribution is 0.0675. The van der Waals surface area contributed by atoms with Crippen molar-refractivity contribution in [2.45, 2.75) is 52.1 Å². The van der Waals surface area contributed by atoms with Crippen molar-refractivity contribution in [2.75, 3.05) is 0 Å². The number of aliphatic hydroxyl groups is 1. The fraction of sp³-hybridized carbons (Fsp3) is 0.647. The van der Waals surface area contributed by atoms with Gasteiger partial charge in [0, 0.05) is 4.47 Å². The van der Waals surface area contributed by atoms with E-state index < -0.39 is 0 Å². The van der Waals surface area contributed by atoms with Crippen molar-refractivity contribution in [1.29, 1.82) is 0 Å². The maximum atomic E-state index is 10.4. The van der Waals surface area contributed by atoms with Crippen LogP contribution in [-0.4, -0.2) is 11.2 Å². The van der Waals surface area contributed by atoms with Gasteiger partial charge < -0.3 is 5.11 Å². The summed E-state index contributed by atoms with van der Waals surface area (Å²) >= 11 is 3.49. The van der Waals surface area contributed by atoms with Gasteiger partial charge in [0.15, 0.2) is 0 Å². The largest absolute Gasteiger partial charge is 0.392 e. The van der Waals surface area contributed by atoms with E-state index in [1.807, 2.05) is 12.1 Å². The summed E-state index contributed by atoms with van der Waals surface area (Å²) in [6.07, 6.45) is 5.57. The summed E-state index contributed by atoms with van der Waals surface area (Å²) in [4.78, 5) is 0. The molecule has 2 heteroatoms. The second-order valence-corrected chi connectivity index (χ2v) is 7.24. The zero-order chi connectivity index (χ0) is 13.8. The molecule has 1 aromatic rings. The minimum atomic E-state index is -0.178. The van der Waals surface area contributed by atoms with Crippen LogP contribution in [0.15, 0.2) is 28.7 Å². The van der Waals surface area contributed by atoms with Crippen molar-refractivity contribution >= 4 is 15.9 Å². The third kappa shape index (κ3) is 4.32. The molecule has 0 heterocycles. The Morgan fingerprint density at radius 1 is 1.16 bits per heavy atom. The van der Waals surface area contributed by atoms with Crippen LogP contribution >= 0.6 is 15.9 Å². The summed E-state index contributed by atoms with van der Waals surface area (Å²) in [6, 6.07) is 8.29. The second-order valence-electron chi connectivity index (χ2n) is 6.32. The molecular formula is C17H25BrO. The highest BCUT2D eigenvalue weighted by atomic mass is 79.9. The fourth-order valence-electron chi connectivity index (χ4n) is 3.27. The van der Waals surface area contributed by atoms with Gasteiger partial charge in [-0.1, -0.05) is 41.9 Å². The van der Waals surface area contributed by atoms with E-state index in [9.17, 15) is 5.11 Å². The van der Waals surface area contributed by atoms with Gasteiger partial charge in [-0.3, -0.25) is 0 Å². The molecule has 106 valence electrons. The van der Waals surface area contributed by atoms with Crippen LogP contribution in [0.4, 0.5) is 0 Å². The molecule has 0 bridgehead atoms. The first kappa shape index (κ1) is 15.1. The average Bonchev–Trinajstić information content (AvgIpc) is 2.39. The van der Waals surface area contributed by atoms with E-state index in [-0.39, 0.29) is 6.10 Å². The number of rotatable bonds is 4. The molecule has 0 saturated heterocycles. The standard InChI is InChI=1S/C17H25BrO/c1-12(2)14-6-8-15(9-7-14)17(19)11-13-4-3-5-16(18)10-13/h3-5,10,12,14-15,17,19H,6-9,11H2,1-2H3. The normalized spacial score (nSPS) is 25.5. The molecule has 1 unspecified atom stereocenters. The Kier molecular flexibility index (Phi) is 5.47. The van der Waals surface area contributed by atoms with Gasteiger partial charge in [0.25, 0.3) is 0 Å². The van der Waals surface area contributed by atoms with Crippen LogP contribution < -0.4 is 0 Å². The van der Waals surface area contributed by atoms with Crippen molar-refractivity contribution in [3.63, 3.8) is 0 Å². The monoisotopic (exact) mass is 324 g/mol. The number of hydrogen-bond acceptors (Lipinski definition) is 1. The third-order valence-corrected chi connectivity index (χ3v) is 5.13.